The van der Waals surface area contributed by atoms with Crippen molar-refractivity contribution >= 4 is 11.8 Å². The minimum Gasteiger partial charge on any atom is -0.274 e. The van der Waals surface area contributed by atoms with Crippen molar-refractivity contribution in [2.75, 3.05) is 0 Å². The van der Waals surface area contributed by atoms with Gasteiger partial charge in [-0.1, -0.05) is 53.0 Å². The lowest BCUT2D eigenvalue weighted by atomic mass is 9.51. The number of rotatable bonds is 5. The van der Waals surface area contributed by atoms with Gasteiger partial charge in [-0.2, -0.15) is 0 Å². The van der Waals surface area contributed by atoms with Crippen LogP contribution in [0.25, 0.3) is 0 Å². The first kappa shape index (κ1) is 22.1. The molecule has 0 radical (unpaired) electrons. The lowest BCUT2D eigenvalue weighted by Crippen LogP contribution is -2.64. The number of amides is 2. The Hall–Kier alpha value is -1.12. The molecule has 2 saturated carbocycles. The summed E-state index contributed by atoms with van der Waals surface area (Å²) >= 11 is 0. The molecule has 0 aromatic heterocycles. The average molecular weight is 414 g/mol. The zero-order chi connectivity index (χ0) is 21.7. The Morgan fingerprint density at radius 3 is 2.53 bits per heavy atom. The number of hydrogen-bond donors (Lipinski definition) is 0. The van der Waals surface area contributed by atoms with Crippen LogP contribution >= 0.6 is 0 Å². The van der Waals surface area contributed by atoms with Crippen molar-refractivity contribution in [1.82, 2.24) is 4.90 Å². The maximum atomic E-state index is 13.2. The predicted molar refractivity (Wildman–Crippen MR) is 122 cm³/mol. The van der Waals surface area contributed by atoms with E-state index in [2.05, 4.69) is 34.6 Å². The minimum atomic E-state index is -0.289. The van der Waals surface area contributed by atoms with Crippen LogP contribution in [0, 0.1) is 40.9 Å². The van der Waals surface area contributed by atoms with Crippen LogP contribution in [0.3, 0.4) is 0 Å². The second-order valence-corrected chi connectivity index (χ2v) is 12.0. The monoisotopic (exact) mass is 413 g/mol. The van der Waals surface area contributed by atoms with Gasteiger partial charge in [0.2, 0.25) is 5.91 Å². The summed E-state index contributed by atoms with van der Waals surface area (Å²) in [4.78, 5) is 27.6. The fourth-order valence-electron chi connectivity index (χ4n) is 8.42. The van der Waals surface area contributed by atoms with E-state index in [-0.39, 0.29) is 17.4 Å². The number of fused-ring (bicyclic) bond motifs is 5. The van der Waals surface area contributed by atoms with Crippen LogP contribution in [-0.4, -0.2) is 22.3 Å². The van der Waals surface area contributed by atoms with Crippen LogP contribution in [0.4, 0.5) is 0 Å². The van der Waals surface area contributed by atoms with Gasteiger partial charge in [-0.15, -0.1) is 0 Å². The van der Waals surface area contributed by atoms with Crippen molar-refractivity contribution in [3.63, 3.8) is 0 Å². The highest BCUT2D eigenvalue weighted by Crippen LogP contribution is 2.65. The van der Waals surface area contributed by atoms with Gasteiger partial charge in [-0.05, 0) is 92.4 Å². The number of allylic oxidation sites excluding steroid dienone is 1. The van der Waals surface area contributed by atoms with Gasteiger partial charge in [-0.3, -0.25) is 14.5 Å². The zero-order valence-corrected chi connectivity index (χ0v) is 20.0. The Morgan fingerprint density at radius 1 is 1.03 bits per heavy atom. The number of carbonyl (C=O) groups excluding carboxylic acids is 2. The molecule has 3 heteroatoms. The predicted octanol–water partition coefficient (Wildman–Crippen LogP) is 6.38. The van der Waals surface area contributed by atoms with Crippen LogP contribution in [0.5, 0.6) is 0 Å². The third-order valence-electron chi connectivity index (χ3n) is 9.91. The normalized spacial score (nSPS) is 42.0. The number of piperidine rings is 1. The maximum absolute atomic E-state index is 13.2. The first-order valence-corrected chi connectivity index (χ1v) is 12.7. The average Bonchev–Trinajstić information content (AvgIpc) is 2.93. The second kappa shape index (κ2) is 8.10. The number of nitrogens with zero attached hydrogens (tertiary/aromatic N) is 1. The molecular formula is C27H43NO2. The van der Waals surface area contributed by atoms with Crippen LogP contribution in [0.15, 0.2) is 12.2 Å². The van der Waals surface area contributed by atoms with Gasteiger partial charge >= 0.3 is 0 Å². The zero-order valence-electron chi connectivity index (χ0n) is 20.0. The third kappa shape index (κ3) is 3.48. The van der Waals surface area contributed by atoms with Crippen molar-refractivity contribution in [3.05, 3.63) is 12.2 Å². The van der Waals surface area contributed by atoms with E-state index < -0.39 is 0 Å². The molecule has 2 aliphatic carbocycles. The molecule has 7 atom stereocenters. The van der Waals surface area contributed by atoms with Crippen molar-refractivity contribution < 1.29 is 9.59 Å². The van der Waals surface area contributed by atoms with Crippen molar-refractivity contribution in [2.24, 2.45) is 40.9 Å². The Bertz CT molecular complexity index is 712. The molecule has 0 bridgehead atoms. The summed E-state index contributed by atoms with van der Waals surface area (Å²) in [6.45, 7) is 11.9. The van der Waals surface area contributed by atoms with Gasteiger partial charge < -0.3 is 0 Å². The highest BCUT2D eigenvalue weighted by Gasteiger charge is 2.62. The van der Waals surface area contributed by atoms with E-state index in [1.165, 1.54) is 44.9 Å². The molecule has 0 aromatic rings. The SMILES string of the molecule is CC(C)CCC[C@@H](C)[C@H]1CC[C@H]2[C@@H]3CC(=O)N4C(=O)C=CCC[C@]4(C)[C@H]3CC[C@]12C. The third-order valence-corrected chi connectivity index (χ3v) is 9.91. The molecule has 1 saturated heterocycles. The number of imide groups is 1. The molecule has 30 heavy (non-hydrogen) atoms. The fourth-order valence-corrected chi connectivity index (χ4v) is 8.42. The highest BCUT2D eigenvalue weighted by atomic mass is 16.2. The topological polar surface area (TPSA) is 37.4 Å². The van der Waals surface area contributed by atoms with E-state index in [0.29, 0.717) is 29.6 Å². The van der Waals surface area contributed by atoms with Crippen molar-refractivity contribution in [3.8, 4) is 0 Å². The smallest absolute Gasteiger partial charge is 0.253 e. The van der Waals surface area contributed by atoms with Crippen molar-refractivity contribution in [1.29, 1.82) is 0 Å². The number of carbonyl (C=O) groups is 2. The van der Waals surface area contributed by atoms with Gasteiger partial charge in [0, 0.05) is 6.42 Å². The molecule has 2 aliphatic heterocycles. The van der Waals surface area contributed by atoms with E-state index in [1.54, 1.807) is 11.0 Å². The Balaban J connectivity index is 1.54. The summed E-state index contributed by atoms with van der Waals surface area (Å²) in [7, 11) is 0. The molecule has 4 rings (SSSR count). The van der Waals surface area contributed by atoms with E-state index in [1.807, 2.05) is 6.08 Å². The van der Waals surface area contributed by atoms with E-state index in [9.17, 15) is 9.59 Å². The molecule has 0 N–H and O–H groups in total. The fraction of sp³-hybridized carbons (Fsp3) is 0.852. The quantitative estimate of drug-likeness (QED) is 0.491. The first-order chi connectivity index (χ1) is 14.2. The standard InChI is InChI=1S/C27H43NO2/c1-18(2)9-8-10-19(3)21-12-13-22-20-17-25(30)28-24(29)11-6-7-15-27(28,5)23(20)14-16-26(21,22)4/h6,11,18-23H,7-10,12-17H2,1-5H3/t19-,20+,21-,22+,23+,26-,27-/m1/s1. The lowest BCUT2D eigenvalue weighted by Gasteiger charge is -2.59. The van der Waals surface area contributed by atoms with Gasteiger partial charge in [0.15, 0.2) is 0 Å². The van der Waals surface area contributed by atoms with E-state index >= 15 is 0 Å². The Labute approximate surface area is 184 Å². The Morgan fingerprint density at radius 2 is 1.80 bits per heavy atom. The first-order valence-electron chi connectivity index (χ1n) is 12.7. The van der Waals surface area contributed by atoms with Crippen LogP contribution in [-0.2, 0) is 9.59 Å². The lowest BCUT2D eigenvalue weighted by molar-refractivity contribution is -0.168. The molecular weight excluding hydrogens is 370 g/mol. The summed E-state index contributed by atoms with van der Waals surface area (Å²) in [5.41, 5.74) is 0.0904. The van der Waals surface area contributed by atoms with E-state index in [0.717, 1.165) is 30.6 Å². The van der Waals surface area contributed by atoms with Crippen molar-refractivity contribution in [2.45, 2.75) is 104 Å². The summed E-state index contributed by atoms with van der Waals surface area (Å²) in [5, 5.41) is 0. The van der Waals surface area contributed by atoms with Gasteiger partial charge in [0.1, 0.15) is 0 Å². The van der Waals surface area contributed by atoms with E-state index in [4.69, 9.17) is 0 Å². The molecule has 4 aliphatic rings. The van der Waals surface area contributed by atoms with Crippen LogP contribution in [0.1, 0.15) is 98.8 Å². The molecule has 3 nitrogen and oxygen atoms in total. The molecule has 0 spiro atoms. The molecule has 168 valence electrons. The number of hydrogen-bond acceptors (Lipinski definition) is 2. The summed E-state index contributed by atoms with van der Waals surface area (Å²) in [6, 6.07) is 0. The second-order valence-electron chi connectivity index (χ2n) is 12.0. The molecule has 0 aromatic carbocycles. The summed E-state index contributed by atoms with van der Waals surface area (Å²) in [6.07, 6.45) is 15.2. The summed E-state index contributed by atoms with van der Waals surface area (Å²) in [5.74, 6) is 4.00. The highest BCUT2D eigenvalue weighted by molar-refractivity contribution is 6.02. The molecule has 3 fully saturated rings. The molecule has 2 amide bonds. The van der Waals surface area contributed by atoms with Gasteiger partial charge in [-0.25, -0.2) is 0 Å². The van der Waals surface area contributed by atoms with Gasteiger partial charge in [0.05, 0.1) is 5.54 Å². The molecule has 0 unspecified atom stereocenters. The molecule has 2 heterocycles. The Kier molecular flexibility index (Phi) is 5.96. The van der Waals surface area contributed by atoms with Gasteiger partial charge in [0.25, 0.3) is 5.91 Å². The maximum Gasteiger partial charge on any atom is 0.253 e. The van der Waals surface area contributed by atoms with Crippen LogP contribution < -0.4 is 0 Å². The largest absolute Gasteiger partial charge is 0.274 e. The minimum absolute atomic E-state index is 0.0742. The van der Waals surface area contributed by atoms with Crippen LogP contribution in [0.2, 0.25) is 0 Å². The summed E-state index contributed by atoms with van der Waals surface area (Å²) < 4.78 is 0.